The van der Waals surface area contributed by atoms with Crippen LogP contribution in [0.4, 0.5) is 0 Å². The molecule has 1 aromatic heterocycles. The van der Waals surface area contributed by atoms with Crippen LogP contribution < -0.4 is 5.73 Å². The lowest BCUT2D eigenvalue weighted by molar-refractivity contribution is 0.0681. The van der Waals surface area contributed by atoms with Crippen molar-refractivity contribution in [3.63, 3.8) is 0 Å². The monoisotopic (exact) mass is 264 g/mol. The highest BCUT2D eigenvalue weighted by Gasteiger charge is 2.41. The van der Waals surface area contributed by atoms with Crippen molar-refractivity contribution in [1.29, 1.82) is 0 Å². The minimum absolute atomic E-state index is 0.0526. The summed E-state index contributed by atoms with van der Waals surface area (Å²) in [6, 6.07) is 2.15. The Hall–Kier alpha value is -0.870. The van der Waals surface area contributed by atoms with Crippen molar-refractivity contribution < 1.29 is 0 Å². The molecule has 0 saturated heterocycles. The lowest BCUT2D eigenvalue weighted by atomic mass is 9.74. The lowest BCUT2D eigenvalue weighted by Gasteiger charge is -2.47. The molecule has 1 saturated carbocycles. The highest BCUT2D eigenvalue weighted by atomic mass is 15.3. The first-order valence-electron chi connectivity index (χ1n) is 7.56. The minimum atomic E-state index is 0.0526. The highest BCUT2D eigenvalue weighted by molar-refractivity contribution is 5.15. The maximum absolute atomic E-state index is 6.68. The molecular formula is C15H28N4. The van der Waals surface area contributed by atoms with Crippen LogP contribution in [0.5, 0.6) is 0 Å². The van der Waals surface area contributed by atoms with Gasteiger partial charge in [-0.15, -0.1) is 0 Å². The largest absolute Gasteiger partial charge is 0.321 e. The van der Waals surface area contributed by atoms with Crippen LogP contribution in [-0.2, 0) is 6.54 Å². The second kappa shape index (κ2) is 6.06. The van der Waals surface area contributed by atoms with Crippen LogP contribution in [-0.4, -0.2) is 34.3 Å². The predicted molar refractivity (Wildman–Crippen MR) is 78.9 cm³/mol. The minimum Gasteiger partial charge on any atom is -0.321 e. The molecule has 0 radical (unpaired) electrons. The van der Waals surface area contributed by atoms with Gasteiger partial charge in [0, 0.05) is 18.3 Å². The average Bonchev–Trinajstić information content (AvgIpc) is 2.87. The standard InChI is InChI=1S/C15H28N4/c1-4-12-19-13(8-11-17-19)14(16)15(18(2)3)9-6-5-7-10-15/h8,11,14H,4-7,9-10,12,16H2,1-3H3. The van der Waals surface area contributed by atoms with E-state index in [1.165, 1.54) is 37.8 Å². The van der Waals surface area contributed by atoms with Crippen molar-refractivity contribution in [2.24, 2.45) is 5.73 Å². The predicted octanol–water partition coefficient (Wildman–Crippen LogP) is 2.56. The molecule has 0 aliphatic heterocycles. The number of likely N-dealkylation sites (N-methyl/N-ethyl adjacent to an activating group) is 1. The highest BCUT2D eigenvalue weighted by Crippen LogP contribution is 2.40. The summed E-state index contributed by atoms with van der Waals surface area (Å²) in [4.78, 5) is 2.35. The summed E-state index contributed by atoms with van der Waals surface area (Å²) in [5.41, 5.74) is 7.97. The van der Waals surface area contributed by atoms with Crippen LogP contribution in [0.1, 0.15) is 57.2 Å². The first kappa shape index (κ1) is 14.5. The fourth-order valence-corrected chi connectivity index (χ4v) is 3.48. The zero-order chi connectivity index (χ0) is 13.9. The molecule has 4 nitrogen and oxygen atoms in total. The van der Waals surface area contributed by atoms with Gasteiger partial charge in [0.2, 0.25) is 0 Å². The van der Waals surface area contributed by atoms with E-state index in [9.17, 15) is 0 Å². The van der Waals surface area contributed by atoms with Crippen LogP contribution >= 0.6 is 0 Å². The van der Waals surface area contributed by atoms with Gasteiger partial charge in [0.25, 0.3) is 0 Å². The van der Waals surface area contributed by atoms with E-state index in [-0.39, 0.29) is 11.6 Å². The zero-order valence-corrected chi connectivity index (χ0v) is 12.6. The third kappa shape index (κ3) is 2.70. The molecule has 1 aliphatic rings. The van der Waals surface area contributed by atoms with Gasteiger partial charge >= 0.3 is 0 Å². The Bertz CT molecular complexity index is 391. The first-order chi connectivity index (χ1) is 9.12. The Kier molecular flexibility index (Phi) is 4.63. The van der Waals surface area contributed by atoms with E-state index in [1.54, 1.807) is 0 Å². The van der Waals surface area contributed by atoms with Crippen molar-refractivity contribution in [3.05, 3.63) is 18.0 Å². The Morgan fingerprint density at radius 1 is 1.37 bits per heavy atom. The Labute approximate surface area is 117 Å². The molecule has 1 fully saturated rings. The summed E-state index contributed by atoms with van der Waals surface area (Å²) in [7, 11) is 4.34. The molecule has 2 N–H and O–H groups in total. The van der Waals surface area contributed by atoms with Crippen molar-refractivity contribution in [1.82, 2.24) is 14.7 Å². The summed E-state index contributed by atoms with van der Waals surface area (Å²) in [5, 5.41) is 4.43. The zero-order valence-electron chi connectivity index (χ0n) is 12.6. The van der Waals surface area contributed by atoms with Gasteiger partial charge in [0.15, 0.2) is 0 Å². The van der Waals surface area contributed by atoms with Gasteiger partial charge in [0.1, 0.15) is 0 Å². The number of aromatic nitrogens is 2. The molecule has 1 unspecified atom stereocenters. The molecule has 0 aromatic carbocycles. The number of aryl methyl sites for hydroxylation is 1. The number of hydrogen-bond acceptors (Lipinski definition) is 3. The van der Waals surface area contributed by atoms with E-state index in [0.29, 0.717) is 0 Å². The molecule has 1 heterocycles. The van der Waals surface area contributed by atoms with Crippen molar-refractivity contribution in [2.75, 3.05) is 14.1 Å². The van der Waals surface area contributed by atoms with Gasteiger partial charge < -0.3 is 10.6 Å². The third-order valence-electron chi connectivity index (χ3n) is 4.69. The SMILES string of the molecule is CCCn1nccc1C(N)C1(N(C)C)CCCCC1. The van der Waals surface area contributed by atoms with Gasteiger partial charge in [0.05, 0.1) is 11.7 Å². The van der Waals surface area contributed by atoms with E-state index in [0.717, 1.165) is 13.0 Å². The number of rotatable bonds is 5. The Morgan fingerprint density at radius 3 is 2.63 bits per heavy atom. The van der Waals surface area contributed by atoms with Gasteiger partial charge in [-0.3, -0.25) is 4.68 Å². The normalized spacial score (nSPS) is 20.7. The van der Waals surface area contributed by atoms with E-state index >= 15 is 0 Å². The number of nitrogens with zero attached hydrogens (tertiary/aromatic N) is 3. The molecule has 19 heavy (non-hydrogen) atoms. The molecular weight excluding hydrogens is 236 g/mol. The van der Waals surface area contributed by atoms with Gasteiger partial charge in [-0.1, -0.05) is 26.2 Å². The topological polar surface area (TPSA) is 47.1 Å². The first-order valence-corrected chi connectivity index (χ1v) is 7.56. The molecule has 108 valence electrons. The van der Waals surface area contributed by atoms with Crippen molar-refractivity contribution in [2.45, 2.75) is 63.6 Å². The molecule has 4 heteroatoms. The van der Waals surface area contributed by atoms with Crippen LogP contribution in [0.25, 0.3) is 0 Å². The molecule has 0 bridgehead atoms. The number of nitrogens with two attached hydrogens (primary N) is 1. The maximum atomic E-state index is 6.68. The molecule has 1 atom stereocenters. The number of hydrogen-bond donors (Lipinski definition) is 1. The second-order valence-electron chi connectivity index (χ2n) is 6.02. The van der Waals surface area contributed by atoms with E-state index < -0.39 is 0 Å². The smallest absolute Gasteiger partial charge is 0.0653 e. The van der Waals surface area contributed by atoms with Gasteiger partial charge in [-0.2, -0.15) is 5.10 Å². The summed E-state index contributed by atoms with van der Waals surface area (Å²) in [5.74, 6) is 0. The van der Waals surface area contributed by atoms with Crippen LogP contribution in [0.3, 0.4) is 0 Å². The molecule has 1 aromatic rings. The fourth-order valence-electron chi connectivity index (χ4n) is 3.48. The summed E-state index contributed by atoms with van der Waals surface area (Å²) < 4.78 is 2.09. The van der Waals surface area contributed by atoms with Crippen LogP contribution in [0.15, 0.2) is 12.3 Å². The van der Waals surface area contributed by atoms with Gasteiger partial charge in [-0.25, -0.2) is 0 Å². The summed E-state index contributed by atoms with van der Waals surface area (Å²) in [6.07, 6.45) is 9.28. The maximum Gasteiger partial charge on any atom is 0.0653 e. The van der Waals surface area contributed by atoms with Crippen LogP contribution in [0.2, 0.25) is 0 Å². The molecule has 0 amide bonds. The third-order valence-corrected chi connectivity index (χ3v) is 4.69. The van der Waals surface area contributed by atoms with Crippen molar-refractivity contribution in [3.8, 4) is 0 Å². The second-order valence-corrected chi connectivity index (χ2v) is 6.02. The summed E-state index contributed by atoms with van der Waals surface area (Å²) in [6.45, 7) is 3.14. The molecule has 2 rings (SSSR count). The molecule has 1 aliphatic carbocycles. The van der Waals surface area contributed by atoms with E-state index in [2.05, 4.69) is 41.8 Å². The fraction of sp³-hybridized carbons (Fsp3) is 0.800. The van der Waals surface area contributed by atoms with Crippen LogP contribution in [0, 0.1) is 0 Å². The Morgan fingerprint density at radius 2 is 2.05 bits per heavy atom. The lowest BCUT2D eigenvalue weighted by Crippen LogP contribution is -2.54. The van der Waals surface area contributed by atoms with E-state index in [4.69, 9.17) is 5.73 Å². The quantitative estimate of drug-likeness (QED) is 0.889. The van der Waals surface area contributed by atoms with E-state index in [1.807, 2.05) is 6.20 Å². The molecule has 0 spiro atoms. The summed E-state index contributed by atoms with van der Waals surface area (Å²) >= 11 is 0. The average molecular weight is 264 g/mol. The van der Waals surface area contributed by atoms with Crippen molar-refractivity contribution >= 4 is 0 Å². The van der Waals surface area contributed by atoms with Gasteiger partial charge in [-0.05, 0) is 39.4 Å². The Balaban J connectivity index is 2.28.